The van der Waals surface area contributed by atoms with Crippen LogP contribution in [0.4, 0.5) is 19.0 Å². The molecule has 0 radical (unpaired) electrons. The number of nitrogens with one attached hydrogen (secondary N) is 1. The maximum absolute atomic E-state index is 12.4. The smallest absolute Gasteiger partial charge is 0.389 e. The molecule has 1 heterocycles. The van der Waals surface area contributed by atoms with E-state index >= 15 is 0 Å². The van der Waals surface area contributed by atoms with Gasteiger partial charge >= 0.3 is 17.8 Å². The Bertz CT molecular complexity index is 1160. The zero-order valence-electron chi connectivity index (χ0n) is 23.7. The number of hydrogen-bond acceptors (Lipinski definition) is 7. The van der Waals surface area contributed by atoms with Gasteiger partial charge in [-0.05, 0) is 64.2 Å². The fraction of sp³-hybridized carbons (Fsp3) is 0.630. The zero-order chi connectivity index (χ0) is 29.6. The van der Waals surface area contributed by atoms with E-state index in [1.165, 1.54) is 25.2 Å². The van der Waals surface area contributed by atoms with Crippen LogP contribution in [0, 0.1) is 0 Å². The third-order valence-corrected chi connectivity index (χ3v) is 6.46. The summed E-state index contributed by atoms with van der Waals surface area (Å²) in [5, 5.41) is 6.83. The number of carbonyl (C=O) groups excluding carboxylic acids is 1. The lowest BCUT2D eigenvalue weighted by atomic mass is 10.1. The second-order valence-electron chi connectivity index (χ2n) is 9.51. The van der Waals surface area contributed by atoms with Crippen molar-refractivity contribution in [3.05, 3.63) is 50.7 Å². The van der Waals surface area contributed by atoms with Gasteiger partial charge in [-0.25, -0.2) is 9.48 Å². The number of anilines is 1. The van der Waals surface area contributed by atoms with Gasteiger partial charge in [0.15, 0.2) is 0 Å². The lowest BCUT2D eigenvalue weighted by Crippen LogP contribution is -2.41. The maximum Gasteiger partial charge on any atom is 0.389 e. The number of hydrogen-bond donors (Lipinski definition) is 1. The Morgan fingerprint density at radius 2 is 1.77 bits per heavy atom. The Morgan fingerprint density at radius 3 is 2.38 bits per heavy atom. The first-order valence-corrected chi connectivity index (χ1v) is 14.0. The van der Waals surface area contributed by atoms with Crippen LogP contribution in [0.3, 0.4) is 0 Å². The molecule has 0 atom stereocenters. The summed E-state index contributed by atoms with van der Waals surface area (Å²) < 4.78 is 43.4. The standard InChI is InChI=1S/C24H33F3N4O4S.C3H8/c1-5-35-21(33)23(2,3)36-18-12-8-11-17(16-18)10-6-7-14-28-19-20(32)30(4)22(34)31(29-19)15-9-13-24(25,26)27;1-3-2/h8,11-12,16H,5-7,9-10,13-15H2,1-4H3,(H,28,29);3H2,1-2H3. The van der Waals surface area contributed by atoms with Gasteiger partial charge in [-0.15, -0.1) is 16.9 Å². The summed E-state index contributed by atoms with van der Waals surface area (Å²) >= 11 is 1.44. The molecule has 0 saturated heterocycles. The van der Waals surface area contributed by atoms with E-state index in [2.05, 4.69) is 24.3 Å². The highest BCUT2D eigenvalue weighted by Gasteiger charge is 2.30. The van der Waals surface area contributed by atoms with Crippen LogP contribution >= 0.6 is 11.8 Å². The lowest BCUT2D eigenvalue weighted by Gasteiger charge is -2.21. The number of carbonyl (C=O) groups is 1. The molecule has 0 saturated carbocycles. The molecule has 1 aromatic carbocycles. The summed E-state index contributed by atoms with van der Waals surface area (Å²) in [4.78, 5) is 37.6. The van der Waals surface area contributed by atoms with Crippen molar-refractivity contribution in [3.8, 4) is 0 Å². The monoisotopic (exact) mass is 574 g/mol. The van der Waals surface area contributed by atoms with Gasteiger partial charge in [0.05, 0.1) is 6.61 Å². The van der Waals surface area contributed by atoms with E-state index in [1.54, 1.807) is 6.92 Å². The number of ether oxygens (including phenoxy) is 1. The Balaban J connectivity index is 0.00000242. The molecule has 12 heteroatoms. The van der Waals surface area contributed by atoms with Crippen LogP contribution in [-0.4, -0.2) is 44.4 Å². The van der Waals surface area contributed by atoms with Crippen molar-refractivity contribution in [3.63, 3.8) is 0 Å². The molecule has 1 aromatic heterocycles. The zero-order valence-corrected chi connectivity index (χ0v) is 24.5. The Morgan fingerprint density at radius 1 is 1.10 bits per heavy atom. The van der Waals surface area contributed by atoms with E-state index in [0.29, 0.717) is 19.6 Å². The van der Waals surface area contributed by atoms with Gasteiger partial charge in [0, 0.05) is 31.5 Å². The predicted octanol–water partition coefficient (Wildman–Crippen LogP) is 5.57. The minimum Gasteiger partial charge on any atom is -0.465 e. The molecular formula is C27H41F3N4O4S. The third kappa shape index (κ3) is 12.3. The SMILES string of the molecule is CCC.CCOC(=O)C(C)(C)Sc1cccc(CCCCNc2nn(CCCC(F)(F)F)c(=O)n(C)c2=O)c1. The summed E-state index contributed by atoms with van der Waals surface area (Å²) in [5.41, 5.74) is -0.274. The van der Waals surface area contributed by atoms with Crippen molar-refractivity contribution in [2.24, 2.45) is 7.05 Å². The fourth-order valence-electron chi connectivity index (χ4n) is 3.38. The number of benzene rings is 1. The number of esters is 1. The van der Waals surface area contributed by atoms with Crippen molar-refractivity contribution in [2.45, 2.75) is 95.5 Å². The van der Waals surface area contributed by atoms with E-state index in [9.17, 15) is 27.6 Å². The molecule has 1 N–H and O–H groups in total. The van der Waals surface area contributed by atoms with Gasteiger partial charge in [0.1, 0.15) is 4.75 Å². The van der Waals surface area contributed by atoms with E-state index < -0.39 is 28.6 Å². The van der Waals surface area contributed by atoms with Gasteiger partial charge in [0.2, 0.25) is 5.82 Å². The molecule has 8 nitrogen and oxygen atoms in total. The molecule has 2 aromatic rings. The molecule has 2 rings (SSSR count). The van der Waals surface area contributed by atoms with Gasteiger partial charge < -0.3 is 10.1 Å². The second kappa shape index (κ2) is 16.4. The summed E-state index contributed by atoms with van der Waals surface area (Å²) in [5.74, 6) is -0.332. The van der Waals surface area contributed by atoms with Crippen LogP contribution < -0.4 is 16.6 Å². The Kier molecular flexibility index (Phi) is 14.4. The highest BCUT2D eigenvalue weighted by atomic mass is 32.2. The van der Waals surface area contributed by atoms with Gasteiger partial charge in [-0.3, -0.25) is 14.2 Å². The number of nitrogens with zero attached hydrogens (tertiary/aromatic N) is 3. The van der Waals surface area contributed by atoms with E-state index in [0.717, 1.165) is 32.5 Å². The topological polar surface area (TPSA) is 95.2 Å². The van der Waals surface area contributed by atoms with E-state index in [-0.39, 0.29) is 24.8 Å². The highest BCUT2D eigenvalue weighted by Crippen LogP contribution is 2.34. The minimum absolute atomic E-state index is 0.0660. The molecule has 0 bridgehead atoms. The van der Waals surface area contributed by atoms with Crippen molar-refractivity contribution in [2.75, 3.05) is 18.5 Å². The quantitative estimate of drug-likeness (QED) is 0.190. The molecule has 220 valence electrons. The van der Waals surface area contributed by atoms with Crippen LogP contribution in [0.1, 0.15) is 72.3 Å². The third-order valence-electron chi connectivity index (χ3n) is 5.29. The number of aromatic nitrogens is 3. The van der Waals surface area contributed by atoms with Crippen LogP contribution in [-0.2, 0) is 29.5 Å². The van der Waals surface area contributed by atoms with Crippen molar-refractivity contribution in [1.82, 2.24) is 14.3 Å². The van der Waals surface area contributed by atoms with Crippen molar-refractivity contribution < 1.29 is 22.7 Å². The molecule has 0 spiro atoms. The summed E-state index contributed by atoms with van der Waals surface area (Å²) in [6, 6.07) is 7.92. The highest BCUT2D eigenvalue weighted by molar-refractivity contribution is 8.01. The number of unbranched alkanes of at least 4 members (excludes halogenated alkanes) is 1. The normalized spacial score (nSPS) is 11.5. The number of aryl methyl sites for hydroxylation is 2. The maximum atomic E-state index is 12.4. The van der Waals surface area contributed by atoms with Crippen LogP contribution in [0.25, 0.3) is 0 Å². The molecule has 0 aliphatic carbocycles. The van der Waals surface area contributed by atoms with Crippen LogP contribution in [0.15, 0.2) is 38.8 Å². The van der Waals surface area contributed by atoms with Crippen molar-refractivity contribution >= 4 is 23.5 Å². The van der Waals surface area contributed by atoms with Crippen LogP contribution in [0.5, 0.6) is 0 Å². The van der Waals surface area contributed by atoms with E-state index in [4.69, 9.17) is 4.74 Å². The van der Waals surface area contributed by atoms with Gasteiger partial charge in [0.25, 0.3) is 5.56 Å². The fourth-order valence-corrected chi connectivity index (χ4v) is 4.47. The Hall–Kier alpha value is -2.76. The molecule has 39 heavy (non-hydrogen) atoms. The second-order valence-corrected chi connectivity index (χ2v) is 11.2. The number of thioether (sulfide) groups is 1. The summed E-state index contributed by atoms with van der Waals surface area (Å²) in [6.45, 7) is 10.2. The summed E-state index contributed by atoms with van der Waals surface area (Å²) in [7, 11) is 1.27. The largest absolute Gasteiger partial charge is 0.465 e. The minimum atomic E-state index is -4.32. The van der Waals surface area contributed by atoms with Crippen LogP contribution in [0.2, 0.25) is 0 Å². The number of halogens is 3. The predicted molar refractivity (Wildman–Crippen MR) is 149 cm³/mol. The van der Waals surface area contributed by atoms with Crippen molar-refractivity contribution in [1.29, 1.82) is 0 Å². The van der Waals surface area contributed by atoms with Gasteiger partial charge in [-0.2, -0.15) is 13.2 Å². The molecule has 0 amide bonds. The number of rotatable bonds is 13. The molecule has 0 fully saturated rings. The summed E-state index contributed by atoms with van der Waals surface area (Å²) in [6.07, 6.45) is -2.13. The average Bonchev–Trinajstić information content (AvgIpc) is 2.84. The number of alkyl halides is 3. The molecule has 0 unspecified atom stereocenters. The first-order valence-electron chi connectivity index (χ1n) is 13.2. The average molecular weight is 575 g/mol. The molecular weight excluding hydrogens is 533 g/mol. The Labute approximate surface area is 232 Å². The molecule has 0 aliphatic heterocycles. The van der Waals surface area contributed by atoms with E-state index in [1.807, 2.05) is 38.1 Å². The van der Waals surface area contributed by atoms with Gasteiger partial charge in [-0.1, -0.05) is 32.4 Å². The lowest BCUT2D eigenvalue weighted by molar-refractivity contribution is -0.145. The first-order chi connectivity index (χ1) is 18.3. The first kappa shape index (κ1) is 34.3. The molecule has 0 aliphatic rings.